The van der Waals surface area contributed by atoms with E-state index in [4.69, 9.17) is 32.0 Å². The van der Waals surface area contributed by atoms with Crippen LogP contribution in [0.3, 0.4) is 0 Å². The monoisotopic (exact) mass is 587 g/mol. The number of carbonyl (C=O) groups is 1. The van der Waals surface area contributed by atoms with Crippen molar-refractivity contribution in [3.8, 4) is 11.3 Å². The van der Waals surface area contributed by atoms with E-state index in [1.807, 2.05) is 36.4 Å². The van der Waals surface area contributed by atoms with E-state index in [2.05, 4.69) is 38.5 Å². The molecule has 1 atom stereocenters. The second-order valence-corrected chi connectivity index (χ2v) is 11.6. The van der Waals surface area contributed by atoms with Crippen molar-refractivity contribution in [1.82, 2.24) is 19.5 Å². The number of fused-ring (bicyclic) bond motifs is 1. The van der Waals surface area contributed by atoms with Crippen LogP contribution in [-0.4, -0.2) is 56.3 Å². The van der Waals surface area contributed by atoms with Crippen LogP contribution in [0.15, 0.2) is 59.6 Å². The number of amidine groups is 1. The van der Waals surface area contributed by atoms with Crippen LogP contribution < -0.4 is 10.6 Å². The van der Waals surface area contributed by atoms with E-state index in [0.29, 0.717) is 42.0 Å². The van der Waals surface area contributed by atoms with Gasteiger partial charge in [-0.2, -0.15) is 9.98 Å². The fourth-order valence-electron chi connectivity index (χ4n) is 6.09. The summed E-state index contributed by atoms with van der Waals surface area (Å²) in [7, 11) is 0. The number of nitrogens with two attached hydrogens (primary N) is 1. The quantitative estimate of drug-likeness (QED) is 0.209. The smallest absolute Gasteiger partial charge is 0.433 e. The van der Waals surface area contributed by atoms with Gasteiger partial charge in [-0.15, -0.1) is 0 Å². The van der Waals surface area contributed by atoms with Crippen LogP contribution in [0.5, 0.6) is 0 Å². The molecule has 1 amide bonds. The Kier molecular flexibility index (Phi) is 8.08. The maximum Gasteiger partial charge on any atom is 0.433 e. The van der Waals surface area contributed by atoms with Crippen molar-refractivity contribution in [2.45, 2.75) is 45.2 Å². The van der Waals surface area contributed by atoms with Crippen LogP contribution >= 0.6 is 11.6 Å². The first kappa shape index (κ1) is 28.1. The summed E-state index contributed by atoms with van der Waals surface area (Å²) in [6.07, 6.45) is 3.24. The van der Waals surface area contributed by atoms with Crippen LogP contribution in [0.2, 0.25) is 5.02 Å². The number of ether oxygens (including phenoxy) is 1. The Morgan fingerprint density at radius 3 is 2.62 bits per heavy atom. The fraction of sp³-hybridized carbons (Fsp3) is 0.387. The summed E-state index contributed by atoms with van der Waals surface area (Å²) in [5.41, 5.74) is 9.73. The average molecular weight is 588 g/mol. The number of morpholine rings is 1. The average Bonchev–Trinajstić information content (AvgIpc) is 3.36. The molecule has 1 aliphatic carbocycles. The van der Waals surface area contributed by atoms with Crippen LogP contribution in [0.1, 0.15) is 50.0 Å². The third kappa shape index (κ3) is 5.82. The fourth-order valence-corrected chi connectivity index (χ4v) is 6.28. The van der Waals surface area contributed by atoms with E-state index in [9.17, 15) is 9.90 Å². The van der Waals surface area contributed by atoms with Gasteiger partial charge >= 0.3 is 6.09 Å². The molecule has 218 valence electrons. The first-order valence-corrected chi connectivity index (χ1v) is 14.8. The van der Waals surface area contributed by atoms with Gasteiger partial charge in [0.1, 0.15) is 11.2 Å². The molecule has 2 fully saturated rings. The minimum Gasteiger partial charge on any atom is -0.463 e. The summed E-state index contributed by atoms with van der Waals surface area (Å²) in [5.74, 6) is 1.69. The third-order valence-electron chi connectivity index (χ3n) is 8.27. The van der Waals surface area contributed by atoms with Gasteiger partial charge in [-0.25, -0.2) is 14.8 Å². The molecule has 2 aliphatic rings. The summed E-state index contributed by atoms with van der Waals surface area (Å²) in [6.45, 7) is 4.84. The number of amides is 1. The molecular weight excluding hydrogens is 554 g/mol. The van der Waals surface area contributed by atoms with Crippen molar-refractivity contribution in [3.63, 3.8) is 0 Å². The zero-order chi connectivity index (χ0) is 29.2. The minimum absolute atomic E-state index is 0.00385. The number of nitrogens with zero attached hydrogens (tertiary/aromatic N) is 6. The number of anilines is 1. The largest absolute Gasteiger partial charge is 0.463 e. The Hall–Kier alpha value is -4.02. The number of carboxylic acid groups (broad SMARTS) is 1. The van der Waals surface area contributed by atoms with Crippen LogP contribution in [0, 0.1) is 11.8 Å². The molecule has 1 aliphatic heterocycles. The Labute approximate surface area is 249 Å². The van der Waals surface area contributed by atoms with Crippen LogP contribution in [-0.2, 0) is 11.3 Å². The van der Waals surface area contributed by atoms with Crippen molar-refractivity contribution in [1.29, 1.82) is 0 Å². The van der Waals surface area contributed by atoms with Gasteiger partial charge in [-0.1, -0.05) is 73.8 Å². The van der Waals surface area contributed by atoms with Gasteiger partial charge in [-0.3, -0.25) is 0 Å². The summed E-state index contributed by atoms with van der Waals surface area (Å²) in [4.78, 5) is 31.7. The van der Waals surface area contributed by atoms with E-state index in [1.165, 1.54) is 12.8 Å². The Balaban J connectivity index is 1.58. The molecule has 11 heteroatoms. The number of halogens is 1. The molecule has 4 aromatic rings. The topological polar surface area (TPSA) is 132 Å². The van der Waals surface area contributed by atoms with E-state index < -0.39 is 6.09 Å². The molecule has 2 aromatic carbocycles. The normalized spacial score (nSPS) is 21.5. The highest BCUT2D eigenvalue weighted by molar-refractivity contribution is 6.30. The second kappa shape index (κ2) is 12.1. The lowest BCUT2D eigenvalue weighted by atomic mass is 9.83. The third-order valence-corrected chi connectivity index (χ3v) is 8.51. The van der Waals surface area contributed by atoms with Gasteiger partial charge in [0.05, 0.1) is 19.3 Å². The Morgan fingerprint density at radius 2 is 1.88 bits per heavy atom. The van der Waals surface area contributed by atoms with Crippen molar-refractivity contribution < 1.29 is 14.6 Å². The molecule has 0 unspecified atom stereocenters. The highest BCUT2D eigenvalue weighted by Crippen LogP contribution is 2.38. The number of imidazole rings is 1. The summed E-state index contributed by atoms with van der Waals surface area (Å²) in [6, 6.07) is 17.7. The number of rotatable bonds is 6. The SMILES string of the molecule is CC1CCC(Cn2c(N3CCOC[C@H]3c3ccccc3)nc3nc(/C(N)=N/C(=O)O)nc(-c4cccc(Cl)c4)c32)CC1. The first-order valence-electron chi connectivity index (χ1n) is 14.4. The molecular formula is C31H34ClN7O3. The highest BCUT2D eigenvalue weighted by Gasteiger charge is 2.32. The summed E-state index contributed by atoms with van der Waals surface area (Å²) < 4.78 is 8.20. The molecule has 10 nitrogen and oxygen atoms in total. The number of aliphatic imine (C=N–C) groups is 1. The van der Waals surface area contributed by atoms with E-state index in [1.54, 1.807) is 6.07 Å². The predicted octanol–water partition coefficient (Wildman–Crippen LogP) is 5.93. The standard InChI is InChI=1S/C31H34ClN7O3/c1-19-10-12-20(13-11-19)17-39-26-25(22-8-5-9-23(32)16-22)34-29(27(33)35-31(40)41)36-28(26)37-30(39)38-14-15-42-18-24(38)21-6-3-2-4-7-21/h2-9,16,19-20,24H,10-15,17-18H2,1H3,(H2,33,35)(H,40,41)/t19?,20?,24-/m0/s1. The first-order chi connectivity index (χ1) is 20.4. The molecule has 0 bridgehead atoms. The summed E-state index contributed by atoms with van der Waals surface area (Å²) in [5, 5.41) is 9.81. The van der Waals surface area contributed by atoms with Gasteiger partial charge in [0.15, 0.2) is 17.3 Å². The molecule has 3 N–H and O–H groups in total. The molecule has 6 rings (SSSR count). The molecule has 1 saturated carbocycles. The molecule has 2 aromatic heterocycles. The Bertz CT molecular complexity index is 1620. The summed E-state index contributed by atoms with van der Waals surface area (Å²) >= 11 is 6.43. The second-order valence-electron chi connectivity index (χ2n) is 11.2. The molecule has 0 spiro atoms. The van der Waals surface area contributed by atoms with Crippen LogP contribution in [0.4, 0.5) is 10.7 Å². The van der Waals surface area contributed by atoms with Gasteiger partial charge in [0.25, 0.3) is 0 Å². The van der Waals surface area contributed by atoms with Crippen molar-refractivity contribution >= 4 is 40.6 Å². The lowest BCUT2D eigenvalue weighted by molar-refractivity contribution is 0.0927. The molecule has 42 heavy (non-hydrogen) atoms. The van der Waals surface area contributed by atoms with Gasteiger partial charge < -0.3 is 25.0 Å². The molecule has 0 radical (unpaired) electrons. The maximum atomic E-state index is 11.3. The van der Waals surface area contributed by atoms with Gasteiger partial charge in [0, 0.05) is 23.7 Å². The molecule has 1 saturated heterocycles. The number of benzene rings is 2. The van der Waals surface area contributed by atoms with Crippen LogP contribution in [0.25, 0.3) is 22.4 Å². The highest BCUT2D eigenvalue weighted by atomic mass is 35.5. The zero-order valence-corrected chi connectivity index (χ0v) is 24.2. The Morgan fingerprint density at radius 1 is 1.10 bits per heavy atom. The maximum absolute atomic E-state index is 11.3. The van der Waals surface area contributed by atoms with E-state index in [-0.39, 0.29) is 17.7 Å². The van der Waals surface area contributed by atoms with Crippen molar-refractivity contribution in [2.75, 3.05) is 24.7 Å². The lowest BCUT2D eigenvalue weighted by Gasteiger charge is -2.37. The number of aromatic nitrogens is 4. The zero-order valence-electron chi connectivity index (χ0n) is 23.5. The van der Waals surface area contributed by atoms with Crippen molar-refractivity contribution in [3.05, 3.63) is 71.0 Å². The number of hydrogen-bond donors (Lipinski definition) is 2. The van der Waals surface area contributed by atoms with Gasteiger partial charge in [-0.05, 0) is 42.4 Å². The van der Waals surface area contributed by atoms with E-state index in [0.717, 1.165) is 47.9 Å². The van der Waals surface area contributed by atoms with Gasteiger partial charge in [0.2, 0.25) is 5.95 Å². The van der Waals surface area contributed by atoms with E-state index >= 15 is 0 Å². The number of hydrogen-bond acceptors (Lipinski definition) is 6. The lowest BCUT2D eigenvalue weighted by Crippen LogP contribution is -2.41. The van der Waals surface area contributed by atoms with Crippen molar-refractivity contribution in [2.24, 2.45) is 22.6 Å². The predicted molar refractivity (Wildman–Crippen MR) is 163 cm³/mol. The molecule has 3 heterocycles. The minimum atomic E-state index is -1.42.